The molecule has 9 heteroatoms. The summed E-state index contributed by atoms with van der Waals surface area (Å²) in [7, 11) is 0. The standard InChI is InChI=1S/C17H15ClF4N2O2/c1-9-5-13-14(26-17(21,22)16(19,20)25-13)7-12(9)15(23)24-8-10-3-2-4-11(18)6-10/h2-4,6-7,9H,5,8H2,1H3,(H2,23,24). The Morgan fingerprint density at radius 2 is 1.96 bits per heavy atom. The lowest BCUT2D eigenvalue weighted by atomic mass is 9.90. The Morgan fingerprint density at radius 1 is 1.27 bits per heavy atom. The molecule has 3 rings (SSSR count). The molecule has 2 aliphatic rings. The van der Waals surface area contributed by atoms with Crippen LogP contribution in [0.2, 0.25) is 5.02 Å². The average molecular weight is 391 g/mol. The summed E-state index contributed by atoms with van der Waals surface area (Å²) in [6.45, 7) is 1.93. The summed E-state index contributed by atoms with van der Waals surface area (Å²) in [4.78, 5) is 4.23. The van der Waals surface area contributed by atoms with Crippen molar-refractivity contribution in [1.29, 1.82) is 0 Å². The van der Waals surface area contributed by atoms with Crippen molar-refractivity contribution in [2.45, 2.75) is 32.1 Å². The molecule has 4 nitrogen and oxygen atoms in total. The van der Waals surface area contributed by atoms with Gasteiger partial charge in [0.2, 0.25) is 0 Å². The molecule has 0 aromatic heterocycles. The van der Waals surface area contributed by atoms with Crippen LogP contribution in [0.4, 0.5) is 17.6 Å². The van der Waals surface area contributed by atoms with Crippen molar-refractivity contribution in [3.8, 4) is 0 Å². The third-order valence-corrected chi connectivity index (χ3v) is 4.26. The molecule has 1 heterocycles. The molecule has 1 aliphatic heterocycles. The van der Waals surface area contributed by atoms with Gasteiger partial charge in [-0.3, -0.25) is 4.99 Å². The first-order valence-corrected chi connectivity index (χ1v) is 8.10. The van der Waals surface area contributed by atoms with Crippen molar-refractivity contribution in [3.05, 3.63) is 58.0 Å². The molecule has 0 spiro atoms. The molecule has 0 radical (unpaired) electrons. The van der Waals surface area contributed by atoms with E-state index in [4.69, 9.17) is 17.3 Å². The highest BCUT2D eigenvalue weighted by atomic mass is 35.5. The number of nitrogens with two attached hydrogens (primary N) is 1. The van der Waals surface area contributed by atoms with Crippen LogP contribution in [0.5, 0.6) is 0 Å². The number of alkyl halides is 4. The van der Waals surface area contributed by atoms with Crippen LogP contribution < -0.4 is 5.73 Å². The second-order valence-corrected chi connectivity index (χ2v) is 6.50. The molecular weight excluding hydrogens is 376 g/mol. The van der Waals surface area contributed by atoms with Crippen molar-refractivity contribution in [1.82, 2.24) is 0 Å². The van der Waals surface area contributed by atoms with Gasteiger partial charge >= 0.3 is 12.2 Å². The van der Waals surface area contributed by atoms with E-state index in [2.05, 4.69) is 14.5 Å². The number of hydrogen-bond donors (Lipinski definition) is 1. The minimum Gasteiger partial charge on any atom is -0.426 e. The maximum absolute atomic E-state index is 13.4. The fraction of sp³-hybridized carbons (Fsp3) is 0.353. The van der Waals surface area contributed by atoms with Crippen LogP contribution in [0.15, 0.2) is 52.4 Å². The summed E-state index contributed by atoms with van der Waals surface area (Å²) in [6, 6.07) is 7.01. The predicted octanol–water partition coefficient (Wildman–Crippen LogP) is 4.61. The number of nitrogens with zero attached hydrogens (tertiary/aromatic N) is 1. The number of ether oxygens (including phenoxy) is 2. The lowest BCUT2D eigenvalue weighted by Gasteiger charge is -2.36. The lowest BCUT2D eigenvalue weighted by molar-refractivity contribution is -0.427. The van der Waals surface area contributed by atoms with E-state index < -0.39 is 18.0 Å². The van der Waals surface area contributed by atoms with Crippen LogP contribution in [-0.2, 0) is 16.0 Å². The number of benzene rings is 1. The number of allylic oxidation sites excluding steroid dienone is 2. The number of aliphatic imine (C=N–C) groups is 1. The van der Waals surface area contributed by atoms with E-state index in [-0.39, 0.29) is 30.5 Å². The van der Waals surface area contributed by atoms with E-state index in [1.807, 2.05) is 6.07 Å². The van der Waals surface area contributed by atoms with Crippen LogP contribution in [-0.4, -0.2) is 18.1 Å². The highest BCUT2D eigenvalue weighted by Gasteiger charge is 2.66. The molecule has 26 heavy (non-hydrogen) atoms. The molecule has 0 fully saturated rings. The first kappa shape index (κ1) is 18.6. The highest BCUT2D eigenvalue weighted by molar-refractivity contribution is 6.30. The normalized spacial score (nSPS) is 24.3. The minimum atomic E-state index is -4.76. The Morgan fingerprint density at radius 3 is 2.65 bits per heavy atom. The SMILES string of the molecule is CC1CC2=C(C=C1C(N)=NCc1cccc(Cl)c1)OC(F)(F)C(F)(F)O2. The Kier molecular flexibility index (Phi) is 4.64. The van der Waals surface area contributed by atoms with Crippen molar-refractivity contribution in [2.24, 2.45) is 16.6 Å². The zero-order valence-electron chi connectivity index (χ0n) is 13.6. The maximum atomic E-state index is 13.4. The first-order valence-electron chi connectivity index (χ1n) is 7.72. The highest BCUT2D eigenvalue weighted by Crippen LogP contribution is 2.47. The lowest BCUT2D eigenvalue weighted by Crippen LogP contribution is -2.48. The van der Waals surface area contributed by atoms with E-state index >= 15 is 0 Å². The van der Waals surface area contributed by atoms with Gasteiger partial charge in [0, 0.05) is 17.0 Å². The molecule has 140 valence electrons. The smallest absolute Gasteiger partial charge is 0.426 e. The summed E-state index contributed by atoms with van der Waals surface area (Å²) in [6.07, 6.45) is -8.37. The number of hydrogen-bond acceptors (Lipinski definition) is 3. The monoisotopic (exact) mass is 390 g/mol. The molecule has 2 N–H and O–H groups in total. The maximum Gasteiger partial charge on any atom is 0.507 e. The van der Waals surface area contributed by atoms with Crippen LogP contribution in [0.1, 0.15) is 18.9 Å². The number of rotatable bonds is 3. The van der Waals surface area contributed by atoms with Gasteiger partial charge in [-0.15, -0.1) is 0 Å². The second-order valence-electron chi connectivity index (χ2n) is 6.06. The summed E-state index contributed by atoms with van der Waals surface area (Å²) >= 11 is 5.90. The van der Waals surface area contributed by atoms with Crippen LogP contribution in [0.3, 0.4) is 0 Å². The Hall–Kier alpha value is -2.22. The number of halogens is 5. The van der Waals surface area contributed by atoms with Gasteiger partial charge in [0.05, 0.1) is 6.54 Å². The van der Waals surface area contributed by atoms with E-state index in [1.54, 1.807) is 25.1 Å². The van der Waals surface area contributed by atoms with Crippen LogP contribution in [0, 0.1) is 5.92 Å². The quantitative estimate of drug-likeness (QED) is 0.466. The van der Waals surface area contributed by atoms with Gasteiger partial charge in [0.25, 0.3) is 0 Å². The molecule has 1 aromatic rings. The van der Waals surface area contributed by atoms with E-state index in [9.17, 15) is 17.6 Å². The van der Waals surface area contributed by atoms with Gasteiger partial charge < -0.3 is 15.2 Å². The largest absolute Gasteiger partial charge is 0.507 e. The molecule has 0 bridgehead atoms. The van der Waals surface area contributed by atoms with Gasteiger partial charge in [-0.25, -0.2) is 0 Å². The Labute approximate surface area is 151 Å². The van der Waals surface area contributed by atoms with Crippen LogP contribution >= 0.6 is 11.6 Å². The zero-order chi connectivity index (χ0) is 19.1. The molecular formula is C17H15ClF4N2O2. The predicted molar refractivity (Wildman–Crippen MR) is 87.7 cm³/mol. The molecule has 0 saturated carbocycles. The van der Waals surface area contributed by atoms with Gasteiger partial charge in [-0.05, 0) is 29.7 Å². The summed E-state index contributed by atoms with van der Waals surface area (Å²) in [5, 5.41) is 0.548. The van der Waals surface area contributed by atoms with Crippen LogP contribution in [0.25, 0.3) is 0 Å². The van der Waals surface area contributed by atoms with Crippen molar-refractivity contribution in [3.63, 3.8) is 0 Å². The Bertz CT molecular complexity index is 821. The summed E-state index contributed by atoms with van der Waals surface area (Å²) in [5.74, 6) is -1.05. The fourth-order valence-electron chi connectivity index (χ4n) is 2.67. The molecule has 0 amide bonds. The van der Waals surface area contributed by atoms with E-state index in [0.29, 0.717) is 10.6 Å². The molecule has 1 aliphatic carbocycles. The second kappa shape index (κ2) is 6.50. The minimum absolute atomic E-state index is 0.0553. The summed E-state index contributed by atoms with van der Waals surface area (Å²) < 4.78 is 61.6. The van der Waals surface area contributed by atoms with Gasteiger partial charge in [-0.2, -0.15) is 17.6 Å². The topological polar surface area (TPSA) is 56.8 Å². The fourth-order valence-corrected chi connectivity index (χ4v) is 2.88. The molecule has 1 unspecified atom stereocenters. The van der Waals surface area contributed by atoms with Crippen molar-refractivity contribution < 1.29 is 27.0 Å². The first-order chi connectivity index (χ1) is 12.1. The molecule has 1 atom stereocenters. The third kappa shape index (κ3) is 3.51. The number of amidine groups is 1. The van der Waals surface area contributed by atoms with E-state index in [1.165, 1.54) is 6.08 Å². The average Bonchev–Trinajstić information content (AvgIpc) is 2.53. The van der Waals surface area contributed by atoms with Crippen molar-refractivity contribution in [2.75, 3.05) is 0 Å². The summed E-state index contributed by atoms with van der Waals surface area (Å²) in [5.41, 5.74) is 7.19. The Balaban J connectivity index is 1.85. The molecule has 0 saturated heterocycles. The van der Waals surface area contributed by atoms with Crippen molar-refractivity contribution >= 4 is 17.4 Å². The van der Waals surface area contributed by atoms with Gasteiger partial charge in [0.1, 0.15) is 11.6 Å². The molecule has 1 aromatic carbocycles. The van der Waals surface area contributed by atoms with Gasteiger partial charge in [0.15, 0.2) is 5.76 Å². The third-order valence-electron chi connectivity index (χ3n) is 4.03. The van der Waals surface area contributed by atoms with Gasteiger partial charge in [-0.1, -0.05) is 30.7 Å². The van der Waals surface area contributed by atoms with E-state index in [0.717, 1.165) is 5.56 Å². The zero-order valence-corrected chi connectivity index (χ0v) is 14.4.